The maximum atomic E-state index is 11.0. The number of carboxylic acid groups (broad SMARTS) is 1. The van der Waals surface area contributed by atoms with Crippen molar-refractivity contribution in [3.05, 3.63) is 29.8 Å². The topological polar surface area (TPSA) is 57.5 Å². The number of phenolic OH excluding ortho intramolecular Hbond substituents is 1. The second-order valence-corrected chi connectivity index (χ2v) is 4.72. The molecular weight excluding hydrogens is 212 g/mol. The molecule has 1 heterocycles. The normalized spacial score (nSPS) is 25.3. The zero-order valence-electron chi connectivity index (χ0n) is 8.09. The summed E-state index contributed by atoms with van der Waals surface area (Å²) in [5, 5.41) is 18.7. The molecule has 1 aromatic rings. The second-order valence-electron chi connectivity index (χ2n) is 3.65. The smallest absolute Gasteiger partial charge is 0.307 e. The van der Waals surface area contributed by atoms with Crippen LogP contribution in [0, 0.1) is 5.92 Å². The van der Waals surface area contributed by atoms with Gasteiger partial charge in [-0.3, -0.25) is 4.79 Å². The Morgan fingerprint density at radius 3 is 2.73 bits per heavy atom. The maximum Gasteiger partial charge on any atom is 0.307 e. The molecule has 0 bridgehead atoms. The summed E-state index contributed by atoms with van der Waals surface area (Å²) in [7, 11) is 0. The number of carboxylic acids is 1. The van der Waals surface area contributed by atoms with Gasteiger partial charge in [-0.25, -0.2) is 0 Å². The van der Waals surface area contributed by atoms with Gasteiger partial charge >= 0.3 is 5.97 Å². The number of carbonyl (C=O) groups is 1. The Morgan fingerprint density at radius 1 is 1.33 bits per heavy atom. The molecule has 0 aliphatic carbocycles. The molecule has 1 fully saturated rings. The van der Waals surface area contributed by atoms with Crippen molar-refractivity contribution in [3.63, 3.8) is 0 Å². The molecule has 2 rings (SSSR count). The highest BCUT2D eigenvalue weighted by Gasteiger charge is 2.35. The summed E-state index contributed by atoms with van der Waals surface area (Å²) in [6.07, 6.45) is 0. The van der Waals surface area contributed by atoms with Crippen LogP contribution >= 0.6 is 11.8 Å². The van der Waals surface area contributed by atoms with Crippen LogP contribution in [0.2, 0.25) is 0 Å². The molecule has 0 amide bonds. The molecular formula is C11H12O3S. The van der Waals surface area contributed by atoms with Crippen molar-refractivity contribution in [3.8, 4) is 5.75 Å². The lowest BCUT2D eigenvalue weighted by molar-refractivity contribution is -0.141. The highest BCUT2D eigenvalue weighted by atomic mass is 32.2. The minimum Gasteiger partial charge on any atom is -0.508 e. The molecule has 0 spiro atoms. The van der Waals surface area contributed by atoms with E-state index in [-0.39, 0.29) is 17.6 Å². The molecule has 15 heavy (non-hydrogen) atoms. The van der Waals surface area contributed by atoms with Crippen LogP contribution in [0.1, 0.15) is 11.5 Å². The van der Waals surface area contributed by atoms with Gasteiger partial charge in [-0.2, -0.15) is 11.8 Å². The number of thioether (sulfide) groups is 1. The molecule has 1 aliphatic rings. The van der Waals surface area contributed by atoms with E-state index in [0.717, 1.165) is 11.3 Å². The standard InChI is InChI=1S/C11H12O3S/c12-10-4-2-1-3-7(10)8-5-15-6-9(8)11(13)14/h1-4,8-9,12H,5-6H2,(H,13,14). The molecule has 2 unspecified atom stereocenters. The molecule has 0 aromatic heterocycles. The Kier molecular flexibility index (Phi) is 2.86. The lowest BCUT2D eigenvalue weighted by Crippen LogP contribution is -2.20. The molecule has 2 atom stereocenters. The summed E-state index contributed by atoms with van der Waals surface area (Å²) in [6.45, 7) is 0. The van der Waals surface area contributed by atoms with Gasteiger partial charge in [0, 0.05) is 17.4 Å². The third-order valence-electron chi connectivity index (χ3n) is 2.73. The molecule has 1 aromatic carbocycles. The summed E-state index contributed by atoms with van der Waals surface area (Å²) >= 11 is 1.63. The number of benzene rings is 1. The summed E-state index contributed by atoms with van der Waals surface area (Å²) in [6, 6.07) is 6.99. The first-order valence-electron chi connectivity index (χ1n) is 4.78. The van der Waals surface area contributed by atoms with Crippen molar-refractivity contribution in [2.75, 3.05) is 11.5 Å². The Morgan fingerprint density at radius 2 is 2.07 bits per heavy atom. The van der Waals surface area contributed by atoms with E-state index in [2.05, 4.69) is 0 Å². The first kappa shape index (κ1) is 10.4. The van der Waals surface area contributed by atoms with Crippen molar-refractivity contribution in [2.45, 2.75) is 5.92 Å². The number of rotatable bonds is 2. The maximum absolute atomic E-state index is 11.0. The zero-order chi connectivity index (χ0) is 10.8. The minimum absolute atomic E-state index is 0.0614. The van der Waals surface area contributed by atoms with Crippen LogP contribution in [-0.4, -0.2) is 27.7 Å². The van der Waals surface area contributed by atoms with Gasteiger partial charge in [-0.15, -0.1) is 0 Å². The quantitative estimate of drug-likeness (QED) is 0.805. The predicted molar refractivity (Wildman–Crippen MR) is 59.3 cm³/mol. The molecule has 0 radical (unpaired) electrons. The third-order valence-corrected chi connectivity index (χ3v) is 3.92. The summed E-state index contributed by atoms with van der Waals surface area (Å²) < 4.78 is 0. The van der Waals surface area contributed by atoms with Gasteiger partial charge in [-0.1, -0.05) is 18.2 Å². The Balaban J connectivity index is 2.30. The highest BCUT2D eigenvalue weighted by molar-refractivity contribution is 7.99. The van der Waals surface area contributed by atoms with Crippen LogP contribution in [0.5, 0.6) is 5.75 Å². The minimum atomic E-state index is -0.770. The summed E-state index contributed by atoms with van der Waals surface area (Å²) in [5.74, 6) is 0.407. The van der Waals surface area contributed by atoms with E-state index in [1.165, 1.54) is 0 Å². The van der Waals surface area contributed by atoms with Crippen LogP contribution < -0.4 is 0 Å². The third kappa shape index (κ3) is 1.95. The van der Waals surface area contributed by atoms with E-state index in [1.807, 2.05) is 12.1 Å². The van der Waals surface area contributed by atoms with Gasteiger partial charge in [-0.05, 0) is 11.6 Å². The fourth-order valence-electron chi connectivity index (χ4n) is 1.91. The molecule has 2 N–H and O–H groups in total. The van der Waals surface area contributed by atoms with Crippen molar-refractivity contribution in [1.82, 2.24) is 0 Å². The highest BCUT2D eigenvalue weighted by Crippen LogP contribution is 2.40. The Hall–Kier alpha value is -1.16. The largest absolute Gasteiger partial charge is 0.508 e. The van der Waals surface area contributed by atoms with E-state index in [4.69, 9.17) is 5.11 Å². The van der Waals surface area contributed by atoms with E-state index in [9.17, 15) is 9.90 Å². The van der Waals surface area contributed by atoms with Crippen LogP contribution in [0.4, 0.5) is 0 Å². The first-order valence-corrected chi connectivity index (χ1v) is 5.94. The average molecular weight is 224 g/mol. The fraction of sp³-hybridized carbons (Fsp3) is 0.364. The van der Waals surface area contributed by atoms with Gasteiger partial charge in [0.2, 0.25) is 0 Å². The molecule has 0 saturated carbocycles. The van der Waals surface area contributed by atoms with Gasteiger partial charge in [0.1, 0.15) is 5.75 Å². The fourth-order valence-corrected chi connectivity index (χ4v) is 3.34. The summed E-state index contributed by atoms with van der Waals surface area (Å²) in [4.78, 5) is 11.0. The Labute approximate surface area is 92.1 Å². The first-order chi connectivity index (χ1) is 7.20. The van der Waals surface area contributed by atoms with Crippen LogP contribution in [0.15, 0.2) is 24.3 Å². The van der Waals surface area contributed by atoms with Gasteiger partial charge in [0.25, 0.3) is 0 Å². The van der Waals surface area contributed by atoms with Gasteiger partial charge < -0.3 is 10.2 Å². The molecule has 4 heteroatoms. The lowest BCUT2D eigenvalue weighted by Gasteiger charge is -2.16. The number of hydrogen-bond donors (Lipinski definition) is 2. The number of para-hydroxylation sites is 1. The van der Waals surface area contributed by atoms with Gasteiger partial charge in [0.05, 0.1) is 5.92 Å². The average Bonchev–Trinajstić information content (AvgIpc) is 2.67. The second kappa shape index (κ2) is 4.14. The van der Waals surface area contributed by atoms with Crippen molar-refractivity contribution in [1.29, 1.82) is 0 Å². The predicted octanol–water partition coefficient (Wildman–Crippen LogP) is 1.92. The number of aliphatic carboxylic acids is 1. The monoisotopic (exact) mass is 224 g/mol. The molecule has 1 aliphatic heterocycles. The number of hydrogen-bond acceptors (Lipinski definition) is 3. The van der Waals surface area contributed by atoms with Gasteiger partial charge in [0.15, 0.2) is 0 Å². The van der Waals surface area contributed by atoms with E-state index in [1.54, 1.807) is 23.9 Å². The zero-order valence-corrected chi connectivity index (χ0v) is 8.91. The Bertz CT molecular complexity index is 378. The van der Waals surface area contributed by atoms with Crippen molar-refractivity contribution < 1.29 is 15.0 Å². The molecule has 1 saturated heterocycles. The van der Waals surface area contributed by atoms with Crippen molar-refractivity contribution in [2.24, 2.45) is 5.92 Å². The SMILES string of the molecule is O=C(O)C1CSCC1c1ccccc1O. The number of phenols is 1. The van der Waals surface area contributed by atoms with E-state index < -0.39 is 5.97 Å². The van der Waals surface area contributed by atoms with Crippen LogP contribution in [0.3, 0.4) is 0 Å². The lowest BCUT2D eigenvalue weighted by atomic mass is 9.88. The van der Waals surface area contributed by atoms with E-state index >= 15 is 0 Å². The van der Waals surface area contributed by atoms with Crippen molar-refractivity contribution >= 4 is 17.7 Å². The summed E-state index contributed by atoms with van der Waals surface area (Å²) in [5.41, 5.74) is 0.759. The van der Waals surface area contributed by atoms with Crippen LogP contribution in [0.25, 0.3) is 0 Å². The number of aromatic hydroxyl groups is 1. The van der Waals surface area contributed by atoms with E-state index in [0.29, 0.717) is 5.75 Å². The molecule has 3 nitrogen and oxygen atoms in total. The van der Waals surface area contributed by atoms with Crippen LogP contribution in [-0.2, 0) is 4.79 Å². The molecule has 80 valence electrons.